The molecule has 8 nitrogen and oxygen atoms in total. The number of rotatable bonds is 4. The number of hydrogen-bond donors (Lipinski definition) is 3. The van der Waals surface area contributed by atoms with E-state index in [2.05, 4.69) is 15.3 Å². The summed E-state index contributed by atoms with van der Waals surface area (Å²) in [5.41, 5.74) is -0.510. The number of benzene rings is 1. The van der Waals surface area contributed by atoms with Crippen LogP contribution in [-0.2, 0) is 6.18 Å². The monoisotopic (exact) mass is 394 g/mol. The summed E-state index contributed by atoms with van der Waals surface area (Å²) in [6, 6.07) is 5.54. The number of hydroxylamine groups is 2. The average molecular weight is 394 g/mol. The molecule has 11 heteroatoms. The molecular formula is C17H13F3N4O4. The highest BCUT2D eigenvalue weighted by Gasteiger charge is 2.30. The lowest BCUT2D eigenvalue weighted by atomic mass is 10.1. The Labute approximate surface area is 155 Å². The number of carbonyl (C=O) groups is 1. The lowest BCUT2D eigenvalue weighted by Crippen LogP contribution is -2.23. The maximum Gasteiger partial charge on any atom is 0.416 e. The van der Waals surface area contributed by atoms with Gasteiger partial charge in [-0.15, -0.1) is 0 Å². The van der Waals surface area contributed by atoms with Crippen molar-refractivity contribution in [2.24, 2.45) is 0 Å². The fraction of sp³-hybridized carbons (Fsp3) is 0.118. The van der Waals surface area contributed by atoms with Crippen molar-refractivity contribution in [3.05, 3.63) is 54.0 Å². The van der Waals surface area contributed by atoms with E-state index in [9.17, 15) is 23.1 Å². The van der Waals surface area contributed by atoms with Crippen molar-refractivity contribution in [3.63, 3.8) is 0 Å². The number of anilines is 2. The summed E-state index contributed by atoms with van der Waals surface area (Å²) in [6.45, 7) is 0. The van der Waals surface area contributed by atoms with Crippen LogP contribution in [0.3, 0.4) is 0 Å². The SMILES string of the molecule is CN(O)C(=O)c1ncc(Nc2ncc(-c3ccc(C(F)(F)F)cc3)o2)cc1O. The number of nitrogens with zero attached hydrogens (tertiary/aromatic N) is 3. The molecule has 0 unspecified atom stereocenters. The Kier molecular flexibility index (Phi) is 4.92. The quantitative estimate of drug-likeness (QED) is 0.457. The largest absolute Gasteiger partial charge is 0.505 e. The van der Waals surface area contributed by atoms with Crippen LogP contribution in [0.5, 0.6) is 5.75 Å². The summed E-state index contributed by atoms with van der Waals surface area (Å²) < 4.78 is 43.3. The van der Waals surface area contributed by atoms with E-state index in [-0.39, 0.29) is 28.2 Å². The lowest BCUT2D eigenvalue weighted by Gasteiger charge is -2.09. The van der Waals surface area contributed by atoms with E-state index in [1.165, 1.54) is 30.6 Å². The molecule has 0 bridgehead atoms. The highest BCUT2D eigenvalue weighted by atomic mass is 19.4. The van der Waals surface area contributed by atoms with Gasteiger partial charge in [0.05, 0.1) is 23.6 Å². The van der Waals surface area contributed by atoms with Crippen LogP contribution < -0.4 is 5.32 Å². The zero-order valence-corrected chi connectivity index (χ0v) is 14.2. The van der Waals surface area contributed by atoms with Gasteiger partial charge in [0.15, 0.2) is 11.5 Å². The van der Waals surface area contributed by atoms with Gasteiger partial charge < -0.3 is 14.8 Å². The second-order valence-corrected chi connectivity index (χ2v) is 5.65. The van der Waals surface area contributed by atoms with Gasteiger partial charge in [-0.2, -0.15) is 13.2 Å². The highest BCUT2D eigenvalue weighted by Crippen LogP contribution is 2.32. The van der Waals surface area contributed by atoms with Crippen LogP contribution in [0.1, 0.15) is 16.1 Å². The van der Waals surface area contributed by atoms with Crippen LogP contribution in [0.25, 0.3) is 11.3 Å². The molecule has 0 fully saturated rings. The zero-order chi connectivity index (χ0) is 20.5. The van der Waals surface area contributed by atoms with E-state index in [1.54, 1.807) is 0 Å². The van der Waals surface area contributed by atoms with Crippen LogP contribution in [0.2, 0.25) is 0 Å². The van der Waals surface area contributed by atoms with Crippen molar-refractivity contribution in [2.75, 3.05) is 12.4 Å². The third kappa shape index (κ3) is 4.04. The first-order valence-corrected chi connectivity index (χ1v) is 7.71. The molecule has 0 atom stereocenters. The van der Waals surface area contributed by atoms with Gasteiger partial charge >= 0.3 is 6.18 Å². The minimum atomic E-state index is -4.43. The number of carbonyl (C=O) groups excluding carboxylic acids is 1. The van der Waals surface area contributed by atoms with Crippen molar-refractivity contribution < 1.29 is 32.7 Å². The molecule has 0 aliphatic carbocycles. The third-order valence-corrected chi connectivity index (χ3v) is 3.62. The predicted molar refractivity (Wildman–Crippen MR) is 90.0 cm³/mol. The molecule has 146 valence electrons. The number of oxazole rings is 1. The Morgan fingerprint density at radius 1 is 1.18 bits per heavy atom. The number of alkyl halides is 3. The third-order valence-electron chi connectivity index (χ3n) is 3.62. The van der Waals surface area contributed by atoms with E-state index in [4.69, 9.17) is 9.62 Å². The standard InChI is InChI=1S/C17H13F3N4O4/c1-24(27)15(26)14-12(25)6-11(7-21-14)23-16-22-8-13(28-16)9-2-4-10(5-3-9)17(18,19)20/h2-8,25,27H,1H3,(H,22,23). The number of halogens is 3. The van der Waals surface area contributed by atoms with Crippen LogP contribution in [-0.4, -0.2) is 38.3 Å². The van der Waals surface area contributed by atoms with Gasteiger partial charge in [0.1, 0.15) is 5.75 Å². The Morgan fingerprint density at radius 3 is 2.43 bits per heavy atom. The smallest absolute Gasteiger partial charge is 0.416 e. The van der Waals surface area contributed by atoms with Gasteiger partial charge in [0.25, 0.3) is 11.9 Å². The van der Waals surface area contributed by atoms with Gasteiger partial charge in [-0.25, -0.2) is 15.0 Å². The second-order valence-electron chi connectivity index (χ2n) is 5.65. The molecule has 0 saturated carbocycles. The molecule has 2 heterocycles. The fourth-order valence-corrected chi connectivity index (χ4v) is 2.25. The van der Waals surface area contributed by atoms with Gasteiger partial charge in [-0.05, 0) is 12.1 Å². The number of nitrogens with one attached hydrogen (secondary N) is 1. The maximum absolute atomic E-state index is 12.6. The Balaban J connectivity index is 1.76. The fourth-order valence-electron chi connectivity index (χ4n) is 2.25. The summed E-state index contributed by atoms with van der Waals surface area (Å²) >= 11 is 0. The molecular weight excluding hydrogens is 381 g/mol. The topological polar surface area (TPSA) is 112 Å². The Bertz CT molecular complexity index is 1000. The summed E-state index contributed by atoms with van der Waals surface area (Å²) in [6.07, 6.45) is -1.91. The highest BCUT2D eigenvalue weighted by molar-refractivity contribution is 5.94. The summed E-state index contributed by atoms with van der Waals surface area (Å²) in [5.74, 6) is -1.16. The van der Waals surface area contributed by atoms with E-state index in [1.807, 2.05) is 0 Å². The van der Waals surface area contributed by atoms with Crippen LogP contribution >= 0.6 is 0 Å². The predicted octanol–water partition coefficient (Wildman–Crippen LogP) is 3.67. The van der Waals surface area contributed by atoms with E-state index in [0.717, 1.165) is 19.2 Å². The zero-order valence-electron chi connectivity index (χ0n) is 14.2. The number of hydrogen-bond acceptors (Lipinski definition) is 7. The first kappa shape index (κ1) is 19.2. The normalized spacial score (nSPS) is 11.3. The van der Waals surface area contributed by atoms with Crippen molar-refractivity contribution in [1.29, 1.82) is 0 Å². The van der Waals surface area contributed by atoms with Crippen molar-refractivity contribution in [2.45, 2.75) is 6.18 Å². The molecule has 28 heavy (non-hydrogen) atoms. The van der Waals surface area contributed by atoms with Crippen molar-refractivity contribution >= 4 is 17.6 Å². The summed E-state index contributed by atoms with van der Waals surface area (Å²) in [5, 5.41) is 21.9. The van der Waals surface area contributed by atoms with Crippen LogP contribution in [0.15, 0.2) is 47.1 Å². The molecule has 1 aromatic carbocycles. The van der Waals surface area contributed by atoms with Gasteiger partial charge in [-0.1, -0.05) is 12.1 Å². The Morgan fingerprint density at radius 2 is 1.86 bits per heavy atom. The molecule has 0 saturated heterocycles. The van der Waals surface area contributed by atoms with Crippen molar-refractivity contribution in [1.82, 2.24) is 15.0 Å². The summed E-state index contributed by atoms with van der Waals surface area (Å²) in [4.78, 5) is 19.3. The van der Waals surface area contributed by atoms with Gasteiger partial charge in [-0.3, -0.25) is 10.0 Å². The van der Waals surface area contributed by atoms with Crippen LogP contribution in [0.4, 0.5) is 24.9 Å². The lowest BCUT2D eigenvalue weighted by molar-refractivity contribution is -0.137. The van der Waals surface area contributed by atoms with Crippen molar-refractivity contribution in [3.8, 4) is 17.1 Å². The number of pyridine rings is 1. The summed E-state index contributed by atoms with van der Waals surface area (Å²) in [7, 11) is 1.09. The molecule has 3 rings (SSSR count). The average Bonchev–Trinajstić information content (AvgIpc) is 3.09. The van der Waals surface area contributed by atoms with Gasteiger partial charge in [0.2, 0.25) is 0 Å². The minimum Gasteiger partial charge on any atom is -0.505 e. The number of aromatic nitrogens is 2. The molecule has 0 radical (unpaired) electrons. The first-order valence-electron chi connectivity index (χ1n) is 7.71. The molecule has 0 spiro atoms. The molecule has 2 aromatic heterocycles. The molecule has 1 amide bonds. The van der Waals surface area contributed by atoms with Gasteiger partial charge in [0, 0.05) is 18.7 Å². The Hall–Kier alpha value is -3.60. The van der Waals surface area contributed by atoms with E-state index in [0.29, 0.717) is 5.56 Å². The van der Waals surface area contributed by atoms with Crippen LogP contribution in [0, 0.1) is 0 Å². The second kappa shape index (κ2) is 7.19. The maximum atomic E-state index is 12.6. The number of amides is 1. The molecule has 3 aromatic rings. The van der Waals surface area contributed by atoms with E-state index < -0.39 is 23.4 Å². The number of aromatic hydroxyl groups is 1. The molecule has 0 aliphatic heterocycles. The molecule has 3 N–H and O–H groups in total. The van der Waals surface area contributed by atoms with E-state index >= 15 is 0 Å². The molecule has 0 aliphatic rings. The minimum absolute atomic E-state index is 0.00514. The first-order chi connectivity index (χ1) is 13.1.